The van der Waals surface area contributed by atoms with Gasteiger partial charge in [-0.15, -0.1) is 0 Å². The Balaban J connectivity index is 2.33. The van der Waals surface area contributed by atoms with E-state index >= 15 is 0 Å². The molecule has 2 rings (SSSR count). The fraction of sp³-hybridized carbons (Fsp3) is 0.278. The van der Waals surface area contributed by atoms with E-state index in [0.29, 0.717) is 27.0 Å². The number of benzene rings is 1. The molecule has 0 fully saturated rings. The molecule has 1 heterocycles. The van der Waals surface area contributed by atoms with Gasteiger partial charge >= 0.3 is 0 Å². The first-order chi connectivity index (χ1) is 11.9. The third kappa shape index (κ3) is 4.11. The second kappa shape index (κ2) is 8.02. The zero-order valence-corrected chi connectivity index (χ0v) is 15.1. The van der Waals surface area contributed by atoms with Crippen molar-refractivity contribution in [3.63, 3.8) is 0 Å². The molecular weight excluding hydrogens is 340 g/mol. The molecule has 0 radical (unpaired) electrons. The highest BCUT2D eigenvalue weighted by Crippen LogP contribution is 2.37. The van der Waals surface area contributed by atoms with E-state index < -0.39 is 5.92 Å². The van der Waals surface area contributed by atoms with E-state index in [4.69, 9.17) is 15.2 Å². The summed E-state index contributed by atoms with van der Waals surface area (Å²) in [4.78, 5) is 28.7. The molecule has 6 nitrogen and oxygen atoms in total. The van der Waals surface area contributed by atoms with Gasteiger partial charge in [0.15, 0.2) is 23.6 Å². The molecule has 25 heavy (non-hydrogen) atoms. The summed E-state index contributed by atoms with van der Waals surface area (Å²) in [6.45, 7) is 5.35. The van der Waals surface area contributed by atoms with Crippen LogP contribution in [0.25, 0.3) is 0 Å². The minimum atomic E-state index is -0.429. The van der Waals surface area contributed by atoms with Gasteiger partial charge in [-0.3, -0.25) is 9.59 Å². The van der Waals surface area contributed by atoms with Crippen LogP contribution in [0.4, 0.5) is 0 Å². The van der Waals surface area contributed by atoms with Gasteiger partial charge in [-0.05, 0) is 18.2 Å². The molecule has 0 spiro atoms. The number of rotatable bonds is 7. The van der Waals surface area contributed by atoms with Crippen LogP contribution in [-0.4, -0.2) is 31.3 Å². The van der Waals surface area contributed by atoms with Gasteiger partial charge in [-0.2, -0.15) is 0 Å². The number of Topliss-reactive ketones (excluding diaryl/α,β-unsaturated/α-hetero) is 1. The maximum Gasteiger partial charge on any atom is 0.166 e. The number of nitrogens with zero attached hydrogens (tertiary/aromatic N) is 1. The van der Waals surface area contributed by atoms with E-state index in [1.165, 1.54) is 26.0 Å². The summed E-state index contributed by atoms with van der Waals surface area (Å²) in [7, 11) is 3.05. The van der Waals surface area contributed by atoms with Crippen molar-refractivity contribution in [3.05, 3.63) is 47.1 Å². The van der Waals surface area contributed by atoms with Crippen molar-refractivity contribution in [2.75, 3.05) is 14.2 Å². The topological polar surface area (TPSA) is 91.0 Å². The molecule has 0 saturated heterocycles. The molecule has 1 aliphatic heterocycles. The van der Waals surface area contributed by atoms with Gasteiger partial charge in [0.25, 0.3) is 0 Å². The van der Waals surface area contributed by atoms with Crippen LogP contribution in [0.15, 0.2) is 46.6 Å². The van der Waals surface area contributed by atoms with Crippen molar-refractivity contribution in [1.82, 2.24) is 0 Å². The van der Waals surface area contributed by atoms with Crippen LogP contribution < -0.4 is 15.2 Å². The number of hydrogen-bond donors (Lipinski definition) is 1. The summed E-state index contributed by atoms with van der Waals surface area (Å²) in [6, 6.07) is 5.01. The second-order valence-corrected chi connectivity index (χ2v) is 6.57. The molecular formula is C18H20N2O4S. The first-order valence-electron chi connectivity index (χ1n) is 7.55. The van der Waals surface area contributed by atoms with E-state index in [-0.39, 0.29) is 17.5 Å². The van der Waals surface area contributed by atoms with Crippen LogP contribution >= 0.6 is 11.8 Å². The monoisotopic (exact) mass is 360 g/mol. The maximum atomic E-state index is 12.9. The number of hydrogen-bond acceptors (Lipinski definition) is 7. The van der Waals surface area contributed by atoms with Crippen molar-refractivity contribution in [3.8, 4) is 11.5 Å². The predicted octanol–water partition coefficient (Wildman–Crippen LogP) is 2.80. The average molecular weight is 360 g/mol. The average Bonchev–Trinajstić information content (AvgIpc) is 3.01. The minimum absolute atomic E-state index is 0.0923. The molecule has 1 aromatic rings. The van der Waals surface area contributed by atoms with Crippen LogP contribution in [0, 0.1) is 11.8 Å². The smallest absolute Gasteiger partial charge is 0.166 e. The summed E-state index contributed by atoms with van der Waals surface area (Å²) in [5, 5.41) is 0.593. The summed E-state index contributed by atoms with van der Waals surface area (Å²) in [5.74, 6) is 0.319. The molecule has 132 valence electrons. The highest BCUT2D eigenvalue weighted by atomic mass is 32.2. The number of aliphatic imine (C=N–C) groups is 1. The molecule has 7 heteroatoms. The third-order valence-electron chi connectivity index (χ3n) is 3.84. The van der Waals surface area contributed by atoms with E-state index in [1.54, 1.807) is 31.2 Å². The predicted molar refractivity (Wildman–Crippen MR) is 99.0 cm³/mol. The van der Waals surface area contributed by atoms with Gasteiger partial charge in [0.05, 0.1) is 19.3 Å². The summed E-state index contributed by atoms with van der Waals surface area (Å²) in [6.07, 6.45) is 2.48. The first kappa shape index (κ1) is 18.8. The van der Waals surface area contributed by atoms with E-state index in [0.717, 1.165) is 6.29 Å². The van der Waals surface area contributed by atoms with Crippen molar-refractivity contribution < 1.29 is 19.1 Å². The standard InChI is InChI=1S/C18H20N2O4S/c1-10(14-8-13(9-21)25-18(14)20-11(2)19)17(22)12-5-6-15(23-3)16(7-12)24-4/h5-10,14H,2,19H2,1,3-4H3/b20-18+. The van der Waals surface area contributed by atoms with Crippen LogP contribution in [-0.2, 0) is 4.79 Å². The fourth-order valence-corrected chi connectivity index (χ4v) is 3.62. The van der Waals surface area contributed by atoms with E-state index in [9.17, 15) is 9.59 Å². The van der Waals surface area contributed by atoms with Gasteiger partial charge in [0.1, 0.15) is 5.82 Å². The zero-order chi connectivity index (χ0) is 18.6. The Kier molecular flexibility index (Phi) is 6.03. The van der Waals surface area contributed by atoms with E-state index in [2.05, 4.69) is 11.6 Å². The lowest BCUT2D eigenvalue weighted by atomic mass is 9.87. The maximum absolute atomic E-state index is 12.9. The number of ketones is 1. The number of thioether (sulfide) groups is 1. The lowest BCUT2D eigenvalue weighted by molar-refractivity contribution is -0.104. The Bertz CT molecular complexity index is 770. The SMILES string of the molecule is C=C(N)/N=C1/SC(C=O)=CC1C(C)C(=O)c1ccc(OC)c(OC)c1. The molecule has 2 unspecified atom stereocenters. The van der Waals surface area contributed by atoms with Crippen LogP contribution in [0.1, 0.15) is 17.3 Å². The van der Waals surface area contributed by atoms with Gasteiger partial charge in [0, 0.05) is 22.3 Å². The Morgan fingerprint density at radius 3 is 2.60 bits per heavy atom. The summed E-state index contributed by atoms with van der Waals surface area (Å²) in [5.41, 5.74) is 6.05. The Morgan fingerprint density at radius 1 is 1.36 bits per heavy atom. The molecule has 0 saturated carbocycles. The third-order valence-corrected chi connectivity index (χ3v) is 4.88. The largest absolute Gasteiger partial charge is 0.493 e. The Hall–Kier alpha value is -2.54. The van der Waals surface area contributed by atoms with Gasteiger partial charge in [0.2, 0.25) is 0 Å². The van der Waals surface area contributed by atoms with Crippen LogP contribution in [0.2, 0.25) is 0 Å². The molecule has 0 bridgehead atoms. The number of carbonyl (C=O) groups excluding carboxylic acids is 2. The van der Waals surface area contributed by atoms with Crippen LogP contribution in [0.3, 0.4) is 0 Å². The zero-order valence-electron chi connectivity index (χ0n) is 14.3. The van der Waals surface area contributed by atoms with Crippen molar-refractivity contribution in [2.45, 2.75) is 6.92 Å². The van der Waals surface area contributed by atoms with E-state index in [1.807, 2.05) is 0 Å². The molecule has 0 aliphatic carbocycles. The highest BCUT2D eigenvalue weighted by molar-refractivity contribution is 8.18. The molecule has 0 aromatic heterocycles. The lowest BCUT2D eigenvalue weighted by Crippen LogP contribution is -2.23. The molecule has 1 aliphatic rings. The second-order valence-electron chi connectivity index (χ2n) is 5.48. The quantitative estimate of drug-likeness (QED) is 0.594. The summed E-state index contributed by atoms with van der Waals surface area (Å²) < 4.78 is 10.4. The van der Waals surface area contributed by atoms with Gasteiger partial charge < -0.3 is 15.2 Å². The normalized spacial score (nSPS) is 19.2. The van der Waals surface area contributed by atoms with Crippen LogP contribution in [0.5, 0.6) is 11.5 Å². The molecule has 2 N–H and O–H groups in total. The number of aldehydes is 1. The number of ether oxygens (including phenoxy) is 2. The van der Waals surface area contributed by atoms with Gasteiger partial charge in [-0.25, -0.2) is 4.99 Å². The molecule has 2 atom stereocenters. The lowest BCUT2D eigenvalue weighted by Gasteiger charge is -2.18. The summed E-state index contributed by atoms with van der Waals surface area (Å²) >= 11 is 1.21. The Labute approximate surface area is 150 Å². The van der Waals surface area contributed by atoms with Crippen molar-refractivity contribution >= 4 is 28.9 Å². The van der Waals surface area contributed by atoms with Crippen molar-refractivity contribution in [1.29, 1.82) is 0 Å². The molecule has 1 aromatic carbocycles. The van der Waals surface area contributed by atoms with Gasteiger partial charge in [-0.1, -0.05) is 31.3 Å². The Morgan fingerprint density at radius 2 is 2.04 bits per heavy atom. The number of nitrogens with two attached hydrogens (primary N) is 1. The number of allylic oxidation sites excluding steroid dienone is 2. The number of carbonyl (C=O) groups is 2. The minimum Gasteiger partial charge on any atom is -0.493 e. The number of methoxy groups -OCH3 is 2. The highest BCUT2D eigenvalue weighted by Gasteiger charge is 2.33. The molecule has 0 amide bonds. The fourth-order valence-electron chi connectivity index (χ4n) is 2.55. The van der Waals surface area contributed by atoms with Crippen molar-refractivity contribution in [2.24, 2.45) is 22.6 Å². The first-order valence-corrected chi connectivity index (χ1v) is 8.37.